The van der Waals surface area contributed by atoms with E-state index >= 15 is 0 Å². The minimum atomic E-state index is -4.43. The van der Waals surface area contributed by atoms with Gasteiger partial charge in [0.2, 0.25) is 0 Å². The van der Waals surface area contributed by atoms with Gasteiger partial charge in [-0.25, -0.2) is 4.98 Å². The summed E-state index contributed by atoms with van der Waals surface area (Å²) >= 11 is 0. The number of aromatic amines is 1. The highest BCUT2D eigenvalue weighted by Gasteiger charge is 2.30. The first-order valence-corrected chi connectivity index (χ1v) is 8.43. The standard InChI is InChI=1S/C21H14F3N3O/c22-21(23,24)16-5-1-4-14(11-16)17-8-7-13-3-2-6-18(19(13)26-17)27-20(28)15-9-10-25-12-15/h1-12,25H,(H,27,28). The van der Waals surface area contributed by atoms with Crippen LogP contribution in [0.15, 0.2) is 73.1 Å². The summed E-state index contributed by atoms with van der Waals surface area (Å²) in [5, 5.41) is 3.57. The molecule has 2 heterocycles. The van der Waals surface area contributed by atoms with Gasteiger partial charge in [-0.05, 0) is 30.3 Å². The number of pyridine rings is 1. The fourth-order valence-electron chi connectivity index (χ4n) is 2.92. The van der Waals surface area contributed by atoms with Gasteiger partial charge in [0.05, 0.1) is 28.0 Å². The van der Waals surface area contributed by atoms with Crippen LogP contribution in [0.1, 0.15) is 15.9 Å². The quantitative estimate of drug-likeness (QED) is 0.492. The van der Waals surface area contributed by atoms with Gasteiger partial charge in [-0.2, -0.15) is 13.2 Å². The van der Waals surface area contributed by atoms with Crippen LogP contribution in [0.3, 0.4) is 0 Å². The molecule has 140 valence electrons. The number of fused-ring (bicyclic) bond motifs is 1. The van der Waals surface area contributed by atoms with Gasteiger partial charge in [0, 0.05) is 23.3 Å². The van der Waals surface area contributed by atoms with Gasteiger partial charge in [-0.3, -0.25) is 4.79 Å². The van der Waals surface area contributed by atoms with Crippen molar-refractivity contribution >= 4 is 22.5 Å². The molecule has 0 saturated heterocycles. The van der Waals surface area contributed by atoms with E-state index in [1.54, 1.807) is 48.8 Å². The minimum Gasteiger partial charge on any atom is -0.367 e. The SMILES string of the molecule is O=C(Nc1cccc2ccc(-c3cccc(C(F)(F)F)c3)nc12)c1cc[nH]c1. The van der Waals surface area contributed by atoms with Gasteiger partial charge in [-0.15, -0.1) is 0 Å². The number of para-hydroxylation sites is 1. The molecule has 0 saturated carbocycles. The van der Waals surface area contributed by atoms with E-state index in [1.807, 2.05) is 6.07 Å². The van der Waals surface area contributed by atoms with Gasteiger partial charge >= 0.3 is 6.18 Å². The van der Waals surface area contributed by atoms with Crippen molar-refractivity contribution in [3.05, 3.63) is 84.2 Å². The second-order valence-corrected chi connectivity index (χ2v) is 6.21. The number of benzene rings is 2. The molecule has 0 aliphatic heterocycles. The zero-order valence-electron chi connectivity index (χ0n) is 14.4. The molecule has 0 fully saturated rings. The number of nitrogens with zero attached hydrogens (tertiary/aromatic N) is 1. The van der Waals surface area contributed by atoms with Crippen LogP contribution in [0.4, 0.5) is 18.9 Å². The molecule has 0 bridgehead atoms. The maximum absolute atomic E-state index is 13.0. The molecule has 7 heteroatoms. The monoisotopic (exact) mass is 381 g/mol. The van der Waals surface area contributed by atoms with Crippen molar-refractivity contribution in [2.45, 2.75) is 6.18 Å². The molecule has 0 spiro atoms. The molecule has 4 rings (SSSR count). The van der Waals surface area contributed by atoms with E-state index in [9.17, 15) is 18.0 Å². The Labute approximate surface area is 158 Å². The molecule has 4 nitrogen and oxygen atoms in total. The van der Waals surface area contributed by atoms with Gasteiger partial charge in [0.1, 0.15) is 0 Å². The van der Waals surface area contributed by atoms with Crippen molar-refractivity contribution in [3.63, 3.8) is 0 Å². The Hall–Kier alpha value is -3.61. The van der Waals surface area contributed by atoms with Gasteiger partial charge in [0.15, 0.2) is 0 Å². The summed E-state index contributed by atoms with van der Waals surface area (Å²) in [5.41, 5.74) is 1.45. The number of H-pyrrole nitrogens is 1. The molecular formula is C21H14F3N3O. The Morgan fingerprint density at radius 3 is 2.57 bits per heavy atom. The van der Waals surface area contributed by atoms with Crippen molar-refractivity contribution in [3.8, 4) is 11.3 Å². The fraction of sp³-hybridized carbons (Fsp3) is 0.0476. The Kier molecular flexibility index (Phi) is 4.35. The number of hydrogen-bond acceptors (Lipinski definition) is 2. The van der Waals surface area contributed by atoms with E-state index in [0.717, 1.165) is 17.5 Å². The van der Waals surface area contributed by atoms with Crippen LogP contribution in [0.25, 0.3) is 22.2 Å². The van der Waals surface area contributed by atoms with Crippen LogP contribution >= 0.6 is 0 Å². The molecule has 0 aliphatic rings. The maximum atomic E-state index is 13.0. The highest BCUT2D eigenvalue weighted by molar-refractivity contribution is 6.08. The molecular weight excluding hydrogens is 367 g/mol. The zero-order valence-corrected chi connectivity index (χ0v) is 14.4. The van der Waals surface area contributed by atoms with Gasteiger partial charge < -0.3 is 10.3 Å². The number of alkyl halides is 3. The smallest absolute Gasteiger partial charge is 0.367 e. The van der Waals surface area contributed by atoms with Crippen molar-refractivity contribution in [2.75, 3.05) is 5.32 Å². The summed E-state index contributed by atoms with van der Waals surface area (Å²) < 4.78 is 39.0. The number of rotatable bonds is 3. The molecule has 0 atom stereocenters. The minimum absolute atomic E-state index is 0.306. The summed E-state index contributed by atoms with van der Waals surface area (Å²) in [6, 6.07) is 15.4. The van der Waals surface area contributed by atoms with E-state index in [1.165, 1.54) is 6.07 Å². The number of nitrogens with one attached hydrogen (secondary N) is 2. The number of amides is 1. The Morgan fingerprint density at radius 1 is 1.00 bits per heavy atom. The van der Waals surface area contributed by atoms with E-state index in [4.69, 9.17) is 0 Å². The highest BCUT2D eigenvalue weighted by Crippen LogP contribution is 2.32. The molecule has 1 amide bonds. The number of anilines is 1. The predicted octanol–water partition coefficient (Wildman–Crippen LogP) is 5.50. The third-order valence-electron chi connectivity index (χ3n) is 4.31. The molecule has 0 aliphatic carbocycles. The van der Waals surface area contributed by atoms with E-state index in [2.05, 4.69) is 15.3 Å². The summed E-state index contributed by atoms with van der Waals surface area (Å²) in [7, 11) is 0. The Morgan fingerprint density at radius 2 is 1.82 bits per heavy atom. The molecule has 2 aromatic heterocycles. The van der Waals surface area contributed by atoms with Crippen molar-refractivity contribution in [2.24, 2.45) is 0 Å². The van der Waals surface area contributed by atoms with Crippen molar-refractivity contribution in [1.29, 1.82) is 0 Å². The lowest BCUT2D eigenvalue weighted by molar-refractivity contribution is -0.137. The molecule has 2 N–H and O–H groups in total. The molecule has 4 aromatic rings. The Bertz CT molecular complexity index is 1150. The van der Waals surface area contributed by atoms with Crippen molar-refractivity contribution < 1.29 is 18.0 Å². The molecule has 28 heavy (non-hydrogen) atoms. The van der Waals surface area contributed by atoms with E-state index in [0.29, 0.717) is 28.0 Å². The van der Waals surface area contributed by atoms with E-state index in [-0.39, 0.29) is 5.91 Å². The van der Waals surface area contributed by atoms with Crippen LogP contribution in [-0.4, -0.2) is 15.9 Å². The highest BCUT2D eigenvalue weighted by atomic mass is 19.4. The lowest BCUT2D eigenvalue weighted by atomic mass is 10.1. The number of hydrogen-bond donors (Lipinski definition) is 2. The van der Waals surface area contributed by atoms with E-state index < -0.39 is 11.7 Å². The average Bonchev–Trinajstić information content (AvgIpc) is 3.22. The number of halogens is 3. The van der Waals surface area contributed by atoms with Gasteiger partial charge in [0.25, 0.3) is 5.91 Å². The molecule has 0 radical (unpaired) electrons. The summed E-state index contributed by atoms with van der Waals surface area (Å²) in [6.45, 7) is 0. The fourth-order valence-corrected chi connectivity index (χ4v) is 2.92. The largest absolute Gasteiger partial charge is 0.416 e. The lowest BCUT2D eigenvalue weighted by Crippen LogP contribution is -2.11. The van der Waals surface area contributed by atoms with Crippen LogP contribution < -0.4 is 5.32 Å². The third-order valence-corrected chi connectivity index (χ3v) is 4.31. The first-order chi connectivity index (χ1) is 13.4. The topological polar surface area (TPSA) is 57.8 Å². The summed E-state index contributed by atoms with van der Waals surface area (Å²) in [5.74, 6) is -0.306. The average molecular weight is 381 g/mol. The normalized spacial score (nSPS) is 11.5. The van der Waals surface area contributed by atoms with Crippen LogP contribution in [-0.2, 0) is 6.18 Å². The van der Waals surface area contributed by atoms with Crippen molar-refractivity contribution in [1.82, 2.24) is 9.97 Å². The second-order valence-electron chi connectivity index (χ2n) is 6.21. The zero-order chi connectivity index (χ0) is 19.7. The number of carbonyl (C=O) groups excluding carboxylic acids is 1. The predicted molar refractivity (Wildman–Crippen MR) is 101 cm³/mol. The molecule has 2 aromatic carbocycles. The summed E-state index contributed by atoms with van der Waals surface area (Å²) in [6.07, 6.45) is -1.22. The second kappa shape index (κ2) is 6.84. The first kappa shape index (κ1) is 17.8. The first-order valence-electron chi connectivity index (χ1n) is 8.43. The van der Waals surface area contributed by atoms with Crippen LogP contribution in [0.5, 0.6) is 0 Å². The third kappa shape index (κ3) is 3.46. The van der Waals surface area contributed by atoms with Crippen LogP contribution in [0.2, 0.25) is 0 Å². The lowest BCUT2D eigenvalue weighted by Gasteiger charge is -2.11. The number of carbonyl (C=O) groups is 1. The van der Waals surface area contributed by atoms with Crippen LogP contribution in [0, 0.1) is 0 Å². The number of aromatic nitrogens is 2. The maximum Gasteiger partial charge on any atom is 0.416 e. The van der Waals surface area contributed by atoms with Gasteiger partial charge in [-0.1, -0.05) is 30.3 Å². The Balaban J connectivity index is 1.75. The summed E-state index contributed by atoms with van der Waals surface area (Å²) in [4.78, 5) is 19.7. The molecule has 0 unspecified atom stereocenters.